The van der Waals surface area contributed by atoms with Crippen LogP contribution < -0.4 is 10.1 Å². The van der Waals surface area contributed by atoms with Crippen LogP contribution in [0.25, 0.3) is 11.3 Å². The fraction of sp³-hybridized carbons (Fsp3) is 0.167. The third-order valence-corrected chi connectivity index (χ3v) is 3.91. The van der Waals surface area contributed by atoms with E-state index < -0.39 is 5.82 Å². The summed E-state index contributed by atoms with van der Waals surface area (Å²) in [7, 11) is 1.59. The normalized spacial score (nSPS) is 10.6. The summed E-state index contributed by atoms with van der Waals surface area (Å²) in [6, 6.07) is 11.7. The molecule has 1 aromatic heterocycles. The third kappa shape index (κ3) is 4.37. The summed E-state index contributed by atoms with van der Waals surface area (Å²) in [4.78, 5) is 12.1. The van der Waals surface area contributed by atoms with Crippen LogP contribution >= 0.6 is 11.6 Å². The minimum absolute atomic E-state index is 0.0216. The van der Waals surface area contributed by atoms with Gasteiger partial charge in [0, 0.05) is 17.1 Å². The molecule has 0 unspecified atom stereocenters. The molecule has 0 spiro atoms. The molecule has 6 nitrogen and oxygen atoms in total. The third-order valence-electron chi connectivity index (χ3n) is 3.68. The maximum absolute atomic E-state index is 13.9. The van der Waals surface area contributed by atoms with Crippen molar-refractivity contribution in [3.05, 3.63) is 65.1 Å². The first kappa shape index (κ1) is 17.9. The number of hydrogen-bond donors (Lipinski definition) is 1. The highest BCUT2D eigenvalue weighted by molar-refractivity contribution is 6.30. The van der Waals surface area contributed by atoms with Crippen LogP contribution in [0.3, 0.4) is 0 Å². The number of hydrogen-bond acceptors (Lipinski definition) is 4. The molecule has 1 amide bonds. The lowest BCUT2D eigenvalue weighted by Gasteiger charge is -2.06. The smallest absolute Gasteiger partial charge is 0.242 e. The highest BCUT2D eigenvalue weighted by atomic mass is 35.5. The number of rotatable bonds is 6. The Bertz CT molecular complexity index is 929. The number of methoxy groups -OCH3 is 1. The molecule has 0 fully saturated rings. The molecule has 0 saturated heterocycles. The highest BCUT2D eigenvalue weighted by Gasteiger charge is 2.11. The topological polar surface area (TPSA) is 69.0 Å². The second kappa shape index (κ2) is 7.97. The summed E-state index contributed by atoms with van der Waals surface area (Å²) in [5.74, 6) is -0.00414. The van der Waals surface area contributed by atoms with Crippen LogP contribution in [0.5, 0.6) is 5.75 Å². The number of nitrogens with zero attached hydrogens (tertiary/aromatic N) is 3. The van der Waals surface area contributed by atoms with Gasteiger partial charge in [0.25, 0.3) is 0 Å². The monoisotopic (exact) mass is 374 g/mol. The van der Waals surface area contributed by atoms with Gasteiger partial charge in [0.05, 0.1) is 13.3 Å². The van der Waals surface area contributed by atoms with Crippen molar-refractivity contribution in [1.82, 2.24) is 20.3 Å². The van der Waals surface area contributed by atoms with Gasteiger partial charge in [-0.1, -0.05) is 28.9 Å². The fourth-order valence-corrected chi connectivity index (χ4v) is 2.54. The summed E-state index contributed by atoms with van der Waals surface area (Å²) in [5, 5.41) is 10.9. The second-order valence-corrected chi connectivity index (χ2v) is 5.99. The van der Waals surface area contributed by atoms with Crippen LogP contribution in [-0.4, -0.2) is 28.0 Å². The SMILES string of the molecule is COc1cccc(CNC(=O)Cn2cc(-c3ccc(Cl)cc3F)nn2)c1. The van der Waals surface area contributed by atoms with Crippen molar-refractivity contribution in [2.24, 2.45) is 0 Å². The molecule has 134 valence electrons. The van der Waals surface area contributed by atoms with Gasteiger partial charge in [0.15, 0.2) is 0 Å². The molecular formula is C18H16ClFN4O2. The summed E-state index contributed by atoms with van der Waals surface area (Å²) in [6.07, 6.45) is 1.51. The van der Waals surface area contributed by atoms with E-state index >= 15 is 0 Å². The van der Waals surface area contributed by atoms with E-state index in [1.807, 2.05) is 24.3 Å². The Labute approximate surface area is 154 Å². The minimum Gasteiger partial charge on any atom is -0.497 e. The van der Waals surface area contributed by atoms with Gasteiger partial charge in [0.1, 0.15) is 23.8 Å². The molecule has 0 aliphatic heterocycles. The van der Waals surface area contributed by atoms with E-state index in [4.69, 9.17) is 16.3 Å². The van der Waals surface area contributed by atoms with Crippen molar-refractivity contribution < 1.29 is 13.9 Å². The van der Waals surface area contributed by atoms with Crippen LogP contribution in [0.15, 0.2) is 48.7 Å². The standard InChI is InChI=1S/C18H16ClFN4O2/c1-26-14-4-2-3-12(7-14)9-21-18(25)11-24-10-17(22-23-24)15-6-5-13(19)8-16(15)20/h2-8,10H,9,11H2,1H3,(H,21,25). The Hall–Kier alpha value is -2.93. The number of ether oxygens (including phenoxy) is 1. The van der Waals surface area contributed by atoms with Gasteiger partial charge in [-0.05, 0) is 35.9 Å². The van der Waals surface area contributed by atoms with E-state index in [0.717, 1.165) is 11.3 Å². The number of nitrogens with one attached hydrogen (secondary N) is 1. The summed E-state index contributed by atoms with van der Waals surface area (Å²) in [6.45, 7) is 0.343. The quantitative estimate of drug-likeness (QED) is 0.720. The van der Waals surface area contributed by atoms with Crippen molar-refractivity contribution in [3.8, 4) is 17.0 Å². The van der Waals surface area contributed by atoms with Gasteiger partial charge < -0.3 is 10.1 Å². The zero-order valence-electron chi connectivity index (χ0n) is 13.9. The molecule has 8 heteroatoms. The molecule has 2 aromatic carbocycles. The molecule has 3 rings (SSSR count). The average molecular weight is 375 g/mol. The summed E-state index contributed by atoms with van der Waals surface area (Å²) in [5.41, 5.74) is 1.53. The van der Waals surface area contributed by atoms with Gasteiger partial charge in [-0.2, -0.15) is 0 Å². The molecule has 0 aliphatic rings. The fourth-order valence-electron chi connectivity index (χ4n) is 2.38. The lowest BCUT2D eigenvalue weighted by atomic mass is 10.1. The zero-order chi connectivity index (χ0) is 18.5. The Balaban J connectivity index is 1.60. The highest BCUT2D eigenvalue weighted by Crippen LogP contribution is 2.23. The molecule has 3 aromatic rings. The van der Waals surface area contributed by atoms with Crippen LogP contribution in [-0.2, 0) is 17.9 Å². The van der Waals surface area contributed by atoms with E-state index in [1.54, 1.807) is 13.2 Å². The van der Waals surface area contributed by atoms with Crippen LogP contribution in [0.1, 0.15) is 5.56 Å². The molecule has 0 bridgehead atoms. The molecule has 1 N–H and O–H groups in total. The molecule has 0 atom stereocenters. The summed E-state index contributed by atoms with van der Waals surface area (Å²) < 4.78 is 20.4. The maximum Gasteiger partial charge on any atom is 0.242 e. The van der Waals surface area contributed by atoms with Gasteiger partial charge in [-0.15, -0.1) is 5.10 Å². The van der Waals surface area contributed by atoms with E-state index in [9.17, 15) is 9.18 Å². The number of halogens is 2. The summed E-state index contributed by atoms with van der Waals surface area (Å²) >= 11 is 5.74. The first-order valence-corrected chi connectivity index (χ1v) is 8.18. The largest absolute Gasteiger partial charge is 0.497 e. The molecule has 26 heavy (non-hydrogen) atoms. The predicted molar refractivity (Wildman–Crippen MR) is 95.3 cm³/mol. The van der Waals surface area contributed by atoms with Crippen molar-refractivity contribution >= 4 is 17.5 Å². The molecular weight excluding hydrogens is 359 g/mol. The van der Waals surface area contributed by atoms with Crippen molar-refractivity contribution in [1.29, 1.82) is 0 Å². The van der Waals surface area contributed by atoms with Crippen LogP contribution in [0.4, 0.5) is 4.39 Å². The van der Waals surface area contributed by atoms with Gasteiger partial charge in [-0.3, -0.25) is 4.79 Å². The van der Waals surface area contributed by atoms with Gasteiger partial charge >= 0.3 is 0 Å². The molecule has 0 saturated carbocycles. The first-order chi connectivity index (χ1) is 12.5. The number of carbonyl (C=O) groups excluding carboxylic acids is 1. The molecule has 0 radical (unpaired) electrons. The second-order valence-electron chi connectivity index (χ2n) is 5.55. The molecule has 1 heterocycles. The van der Waals surface area contributed by atoms with Crippen LogP contribution in [0, 0.1) is 5.82 Å². The maximum atomic E-state index is 13.9. The Kier molecular flexibility index (Phi) is 5.48. The number of carbonyl (C=O) groups is 1. The van der Waals surface area contributed by atoms with Crippen molar-refractivity contribution in [3.63, 3.8) is 0 Å². The van der Waals surface area contributed by atoms with E-state index in [2.05, 4.69) is 15.6 Å². The lowest BCUT2D eigenvalue weighted by Crippen LogP contribution is -2.27. The first-order valence-electron chi connectivity index (χ1n) is 7.80. The van der Waals surface area contributed by atoms with Gasteiger partial charge in [-0.25, -0.2) is 9.07 Å². The Morgan fingerprint density at radius 3 is 2.92 bits per heavy atom. The van der Waals surface area contributed by atoms with E-state index in [0.29, 0.717) is 17.3 Å². The van der Waals surface area contributed by atoms with E-state index in [-0.39, 0.29) is 18.0 Å². The number of amides is 1. The van der Waals surface area contributed by atoms with Crippen molar-refractivity contribution in [2.75, 3.05) is 7.11 Å². The molecule has 0 aliphatic carbocycles. The minimum atomic E-state index is -0.493. The van der Waals surface area contributed by atoms with Gasteiger partial charge in [0.2, 0.25) is 5.91 Å². The lowest BCUT2D eigenvalue weighted by molar-refractivity contribution is -0.122. The number of benzene rings is 2. The Morgan fingerprint density at radius 1 is 1.31 bits per heavy atom. The number of aromatic nitrogens is 3. The van der Waals surface area contributed by atoms with E-state index in [1.165, 1.54) is 23.0 Å². The van der Waals surface area contributed by atoms with Crippen molar-refractivity contribution in [2.45, 2.75) is 13.1 Å². The van der Waals surface area contributed by atoms with Crippen LogP contribution in [0.2, 0.25) is 5.02 Å². The average Bonchev–Trinajstić information content (AvgIpc) is 3.08. The zero-order valence-corrected chi connectivity index (χ0v) is 14.7. The Morgan fingerprint density at radius 2 is 2.15 bits per heavy atom. The predicted octanol–water partition coefficient (Wildman–Crippen LogP) is 3.06.